The van der Waals surface area contributed by atoms with Crippen LogP contribution in [-0.2, 0) is 4.79 Å². The smallest absolute Gasteiger partial charge is 0.293 e. The number of carbonyl (C=O) groups is 4. The van der Waals surface area contributed by atoms with Gasteiger partial charge in [-0.05, 0) is 49.7 Å². The van der Waals surface area contributed by atoms with E-state index in [1.165, 1.54) is 6.92 Å². The Bertz CT molecular complexity index is 1020. The molecule has 29 heavy (non-hydrogen) atoms. The van der Waals surface area contributed by atoms with Crippen LogP contribution in [0.25, 0.3) is 6.08 Å². The van der Waals surface area contributed by atoms with Crippen LogP contribution in [0, 0.1) is 13.8 Å². The highest BCUT2D eigenvalue weighted by atomic mass is 32.2. The maximum Gasteiger partial charge on any atom is 0.293 e. The van der Waals surface area contributed by atoms with E-state index >= 15 is 0 Å². The largest absolute Gasteiger partial charge is 0.354 e. The fourth-order valence-electron chi connectivity index (χ4n) is 3.27. The number of thioether (sulfide) groups is 1. The van der Waals surface area contributed by atoms with Crippen molar-refractivity contribution in [1.29, 1.82) is 0 Å². The van der Waals surface area contributed by atoms with Crippen molar-refractivity contribution in [3.05, 3.63) is 63.3 Å². The lowest BCUT2D eigenvalue weighted by Gasteiger charge is -2.13. The molecule has 1 aromatic carbocycles. The number of ketones is 1. The summed E-state index contributed by atoms with van der Waals surface area (Å²) in [6.07, 6.45) is 1.68. The molecule has 3 amide bonds. The average molecular weight is 411 g/mol. The first-order valence-corrected chi connectivity index (χ1v) is 9.90. The van der Waals surface area contributed by atoms with Crippen LogP contribution in [0.3, 0.4) is 0 Å². The third-order valence-electron chi connectivity index (χ3n) is 4.61. The Kier molecular flexibility index (Phi) is 6.03. The highest BCUT2D eigenvalue weighted by Gasteiger charge is 2.34. The van der Waals surface area contributed by atoms with Gasteiger partial charge in [-0.1, -0.05) is 30.3 Å². The van der Waals surface area contributed by atoms with Crippen LogP contribution in [0.15, 0.2) is 35.2 Å². The molecule has 3 rings (SSSR count). The Morgan fingerprint density at radius 3 is 2.48 bits per heavy atom. The summed E-state index contributed by atoms with van der Waals surface area (Å²) in [5.41, 5.74) is 2.88. The first-order valence-electron chi connectivity index (χ1n) is 9.08. The summed E-state index contributed by atoms with van der Waals surface area (Å²) in [5, 5.41) is 2.33. The first kappa shape index (κ1) is 20.6. The molecule has 0 bridgehead atoms. The molecule has 2 aromatic rings. The first-order chi connectivity index (χ1) is 13.8. The fourth-order valence-corrected chi connectivity index (χ4v) is 4.13. The van der Waals surface area contributed by atoms with E-state index < -0.39 is 0 Å². The predicted molar refractivity (Wildman–Crippen MR) is 112 cm³/mol. The lowest BCUT2D eigenvalue weighted by molar-refractivity contribution is -0.122. The van der Waals surface area contributed by atoms with Gasteiger partial charge in [-0.2, -0.15) is 0 Å². The number of nitrogens with one attached hydrogen (secondary N) is 2. The Labute approximate surface area is 172 Å². The lowest BCUT2D eigenvalue weighted by Crippen LogP contribution is -2.37. The van der Waals surface area contributed by atoms with Crippen LogP contribution in [0.4, 0.5) is 4.79 Å². The van der Waals surface area contributed by atoms with Gasteiger partial charge in [0.05, 0.1) is 4.91 Å². The van der Waals surface area contributed by atoms with Crippen LogP contribution < -0.4 is 5.32 Å². The zero-order valence-electron chi connectivity index (χ0n) is 16.4. The highest BCUT2D eigenvalue weighted by Crippen LogP contribution is 2.31. The number of imide groups is 1. The second-order valence-electron chi connectivity index (χ2n) is 6.68. The summed E-state index contributed by atoms with van der Waals surface area (Å²) in [6.45, 7) is 5.08. The van der Waals surface area contributed by atoms with Crippen molar-refractivity contribution in [3.63, 3.8) is 0 Å². The van der Waals surface area contributed by atoms with Gasteiger partial charge in [0.25, 0.3) is 17.1 Å². The average Bonchev–Trinajstić information content (AvgIpc) is 3.12. The van der Waals surface area contributed by atoms with E-state index in [9.17, 15) is 19.2 Å². The molecule has 0 radical (unpaired) electrons. The molecule has 2 N–H and O–H groups in total. The maximum absolute atomic E-state index is 12.5. The molecule has 1 saturated heterocycles. The van der Waals surface area contributed by atoms with Crippen LogP contribution in [0.1, 0.15) is 44.6 Å². The summed E-state index contributed by atoms with van der Waals surface area (Å²) in [5.74, 6) is -0.868. The fraction of sp³-hybridized carbons (Fsp3) is 0.238. The van der Waals surface area contributed by atoms with E-state index in [1.807, 2.05) is 30.3 Å². The molecule has 8 heteroatoms. The maximum atomic E-state index is 12.5. The Hall–Kier alpha value is -3.13. The molecule has 150 valence electrons. The van der Waals surface area contributed by atoms with E-state index in [4.69, 9.17) is 0 Å². The van der Waals surface area contributed by atoms with Gasteiger partial charge in [0.2, 0.25) is 0 Å². The third-order valence-corrected chi connectivity index (χ3v) is 5.52. The summed E-state index contributed by atoms with van der Waals surface area (Å²) >= 11 is 0.885. The van der Waals surface area contributed by atoms with Crippen molar-refractivity contribution in [3.8, 4) is 0 Å². The number of rotatable bonds is 6. The quantitative estimate of drug-likeness (QED) is 0.561. The Morgan fingerprint density at radius 1 is 1.17 bits per heavy atom. The molecule has 1 fully saturated rings. The highest BCUT2D eigenvalue weighted by molar-refractivity contribution is 8.18. The van der Waals surface area contributed by atoms with E-state index in [-0.39, 0.29) is 35.9 Å². The van der Waals surface area contributed by atoms with E-state index in [0.717, 1.165) is 22.2 Å². The van der Waals surface area contributed by atoms with E-state index in [1.54, 1.807) is 19.9 Å². The molecular weight excluding hydrogens is 390 g/mol. The molecule has 0 unspecified atom stereocenters. The van der Waals surface area contributed by atoms with Gasteiger partial charge >= 0.3 is 0 Å². The number of benzene rings is 1. The Balaban J connectivity index is 1.62. The number of carbonyl (C=O) groups excluding carboxylic acids is 4. The molecule has 0 atom stereocenters. The third kappa shape index (κ3) is 4.32. The van der Waals surface area contributed by atoms with Gasteiger partial charge in [0, 0.05) is 24.3 Å². The number of H-pyrrole nitrogens is 1. The second-order valence-corrected chi connectivity index (χ2v) is 7.67. The zero-order chi connectivity index (χ0) is 21.1. The van der Waals surface area contributed by atoms with E-state index in [2.05, 4.69) is 10.3 Å². The minimum atomic E-state index is -0.384. The molecule has 1 aliphatic rings. The van der Waals surface area contributed by atoms with Crippen LogP contribution in [-0.4, -0.2) is 45.8 Å². The molecule has 7 nitrogen and oxygen atoms in total. The lowest BCUT2D eigenvalue weighted by atomic mass is 10.1. The van der Waals surface area contributed by atoms with Gasteiger partial charge < -0.3 is 10.3 Å². The molecule has 0 aliphatic carbocycles. The van der Waals surface area contributed by atoms with Crippen molar-refractivity contribution in [2.24, 2.45) is 0 Å². The van der Waals surface area contributed by atoms with Crippen LogP contribution >= 0.6 is 11.8 Å². The number of hydrogen-bond acceptors (Lipinski definition) is 5. The summed E-state index contributed by atoms with van der Waals surface area (Å²) in [7, 11) is 0. The molecule has 1 aromatic heterocycles. The summed E-state index contributed by atoms with van der Waals surface area (Å²) in [6, 6.07) is 9.29. The van der Waals surface area contributed by atoms with E-state index in [0.29, 0.717) is 27.4 Å². The van der Waals surface area contributed by atoms with Crippen molar-refractivity contribution in [1.82, 2.24) is 15.2 Å². The number of aromatic nitrogens is 1. The van der Waals surface area contributed by atoms with Gasteiger partial charge in [0.15, 0.2) is 5.78 Å². The minimum Gasteiger partial charge on any atom is -0.354 e. The Morgan fingerprint density at radius 2 is 1.86 bits per heavy atom. The minimum absolute atomic E-state index is 0.0703. The molecule has 1 aliphatic heterocycles. The van der Waals surface area contributed by atoms with Crippen molar-refractivity contribution in [2.75, 3.05) is 13.1 Å². The predicted octanol–water partition coefficient (Wildman–Crippen LogP) is 3.30. The van der Waals surface area contributed by atoms with Gasteiger partial charge in [-0.25, -0.2) is 0 Å². The number of Topliss-reactive ketones (excluding diaryl/α,β-unsaturated/α-hetero) is 1. The van der Waals surface area contributed by atoms with Crippen LogP contribution in [0.2, 0.25) is 0 Å². The van der Waals surface area contributed by atoms with Crippen molar-refractivity contribution < 1.29 is 19.2 Å². The number of nitrogens with zero attached hydrogens (tertiary/aromatic N) is 1. The number of amides is 3. The molecule has 0 spiro atoms. The number of aromatic amines is 1. The topological polar surface area (TPSA) is 99.3 Å². The normalized spacial score (nSPS) is 15.3. The summed E-state index contributed by atoms with van der Waals surface area (Å²) < 4.78 is 0. The molecule has 2 heterocycles. The van der Waals surface area contributed by atoms with Gasteiger partial charge in [-0.15, -0.1) is 0 Å². The number of hydrogen-bond donors (Lipinski definition) is 2. The standard InChI is InChI=1S/C21H21N3O4S/c1-12-17(14(3)25)13(2)23-18(12)19(26)22-9-10-24-20(27)16(29-21(24)28)11-15-7-5-4-6-8-15/h4-8,11,23H,9-10H2,1-3H3,(H,22,26)/b16-11+. The molecule has 0 saturated carbocycles. The summed E-state index contributed by atoms with van der Waals surface area (Å²) in [4.78, 5) is 53.2. The molecular formula is C21H21N3O4S. The van der Waals surface area contributed by atoms with Crippen LogP contribution in [0.5, 0.6) is 0 Å². The van der Waals surface area contributed by atoms with Crippen molar-refractivity contribution >= 4 is 40.7 Å². The SMILES string of the molecule is CC(=O)c1c(C)[nH]c(C(=O)NCCN2C(=O)S/C(=C/c3ccccc3)C2=O)c1C. The van der Waals surface area contributed by atoms with Gasteiger partial charge in [0.1, 0.15) is 5.69 Å². The zero-order valence-corrected chi connectivity index (χ0v) is 17.2. The second kappa shape index (κ2) is 8.48. The van der Waals surface area contributed by atoms with Gasteiger partial charge in [-0.3, -0.25) is 24.1 Å². The van der Waals surface area contributed by atoms with Crippen molar-refractivity contribution in [2.45, 2.75) is 20.8 Å². The monoisotopic (exact) mass is 411 g/mol. The number of aryl methyl sites for hydroxylation is 1.